The van der Waals surface area contributed by atoms with Gasteiger partial charge in [-0.3, -0.25) is 4.68 Å². The van der Waals surface area contributed by atoms with Crippen molar-refractivity contribution < 1.29 is 13.2 Å². The zero-order valence-electron chi connectivity index (χ0n) is 9.10. The topological polar surface area (TPSA) is 61.2 Å². The molecule has 7 heteroatoms. The summed E-state index contributed by atoms with van der Waals surface area (Å²) in [6.07, 6.45) is 4.75. The van der Waals surface area contributed by atoms with E-state index in [0.717, 1.165) is 19.4 Å². The monoisotopic (exact) mass is 266 g/mol. The number of rotatable bonds is 7. The van der Waals surface area contributed by atoms with Crippen molar-refractivity contribution in [2.75, 3.05) is 13.2 Å². The summed E-state index contributed by atoms with van der Waals surface area (Å²) in [5, 5.41) is 3.87. The molecule has 0 saturated heterocycles. The van der Waals surface area contributed by atoms with E-state index in [1.807, 2.05) is 0 Å². The second kappa shape index (κ2) is 6.22. The Morgan fingerprint density at radius 1 is 1.50 bits per heavy atom. The maximum atomic E-state index is 10.9. The van der Waals surface area contributed by atoms with Crippen molar-refractivity contribution >= 4 is 19.7 Å². The predicted octanol–water partition coefficient (Wildman–Crippen LogP) is 1.63. The average Bonchev–Trinajstić information content (AvgIpc) is 2.65. The molecule has 0 atom stereocenters. The van der Waals surface area contributed by atoms with Gasteiger partial charge in [0.2, 0.25) is 0 Å². The molecule has 0 aromatic carbocycles. The normalized spacial score (nSPS) is 11.9. The van der Waals surface area contributed by atoms with Gasteiger partial charge in [0.1, 0.15) is 4.90 Å². The van der Waals surface area contributed by atoms with Crippen LogP contribution in [0.4, 0.5) is 0 Å². The van der Waals surface area contributed by atoms with Crippen LogP contribution in [0.15, 0.2) is 17.3 Å². The molecular weight excluding hydrogens is 252 g/mol. The molecule has 0 aliphatic rings. The molecule has 0 amide bonds. The minimum atomic E-state index is -3.67. The van der Waals surface area contributed by atoms with E-state index in [4.69, 9.17) is 15.4 Å². The second-order valence-electron chi connectivity index (χ2n) is 3.34. The van der Waals surface area contributed by atoms with Crippen LogP contribution in [0.2, 0.25) is 0 Å². The molecule has 0 aliphatic carbocycles. The SMILES string of the molecule is CCCCOCCn1cc(S(=O)(=O)Cl)cn1. The molecule has 0 fully saturated rings. The molecule has 1 rings (SSSR count). The van der Waals surface area contributed by atoms with Gasteiger partial charge in [-0.1, -0.05) is 13.3 Å². The third-order valence-electron chi connectivity index (χ3n) is 2.00. The molecule has 16 heavy (non-hydrogen) atoms. The summed E-state index contributed by atoms with van der Waals surface area (Å²) in [7, 11) is 1.49. The summed E-state index contributed by atoms with van der Waals surface area (Å²) in [6, 6.07) is 0. The zero-order valence-corrected chi connectivity index (χ0v) is 10.7. The van der Waals surface area contributed by atoms with Crippen LogP contribution >= 0.6 is 10.7 Å². The van der Waals surface area contributed by atoms with Gasteiger partial charge in [0.05, 0.1) is 19.3 Å². The molecule has 1 aromatic rings. The summed E-state index contributed by atoms with van der Waals surface area (Å²) < 4.78 is 28.7. The zero-order chi connectivity index (χ0) is 12.0. The number of nitrogens with zero attached hydrogens (tertiary/aromatic N) is 2. The highest BCUT2D eigenvalue weighted by atomic mass is 35.7. The Labute approximate surface area is 99.8 Å². The van der Waals surface area contributed by atoms with E-state index in [2.05, 4.69) is 12.0 Å². The molecule has 0 spiro atoms. The molecule has 0 unspecified atom stereocenters. The summed E-state index contributed by atoms with van der Waals surface area (Å²) >= 11 is 0. The van der Waals surface area contributed by atoms with E-state index < -0.39 is 9.05 Å². The molecule has 5 nitrogen and oxygen atoms in total. The third-order valence-corrected chi connectivity index (χ3v) is 3.31. The van der Waals surface area contributed by atoms with Crippen molar-refractivity contribution in [1.29, 1.82) is 0 Å². The fraction of sp³-hybridized carbons (Fsp3) is 0.667. The van der Waals surface area contributed by atoms with Crippen LogP contribution in [0.25, 0.3) is 0 Å². The van der Waals surface area contributed by atoms with E-state index >= 15 is 0 Å². The highest BCUT2D eigenvalue weighted by molar-refractivity contribution is 8.13. The molecule has 0 aliphatic heterocycles. The lowest BCUT2D eigenvalue weighted by atomic mass is 10.4. The van der Waals surface area contributed by atoms with Gasteiger partial charge in [0, 0.05) is 23.5 Å². The smallest absolute Gasteiger partial charge is 0.264 e. The number of ether oxygens (including phenoxy) is 1. The minimum absolute atomic E-state index is 0.0164. The lowest BCUT2D eigenvalue weighted by molar-refractivity contribution is 0.121. The van der Waals surface area contributed by atoms with E-state index in [0.29, 0.717) is 13.2 Å². The molecule has 1 heterocycles. The van der Waals surface area contributed by atoms with Gasteiger partial charge in [0.25, 0.3) is 9.05 Å². The number of hydrogen-bond acceptors (Lipinski definition) is 4. The van der Waals surface area contributed by atoms with E-state index in [9.17, 15) is 8.42 Å². The molecule has 92 valence electrons. The van der Waals surface area contributed by atoms with Crippen LogP contribution in [-0.4, -0.2) is 31.4 Å². The second-order valence-corrected chi connectivity index (χ2v) is 5.91. The fourth-order valence-electron chi connectivity index (χ4n) is 1.10. The Bertz CT molecular complexity index is 416. The lowest BCUT2D eigenvalue weighted by Crippen LogP contribution is -2.07. The predicted molar refractivity (Wildman–Crippen MR) is 61.0 cm³/mol. The van der Waals surface area contributed by atoms with Gasteiger partial charge < -0.3 is 4.74 Å². The number of halogens is 1. The van der Waals surface area contributed by atoms with Gasteiger partial charge in [-0.2, -0.15) is 5.10 Å². The Hall–Kier alpha value is -0.590. The minimum Gasteiger partial charge on any atom is -0.380 e. The van der Waals surface area contributed by atoms with E-state index in [1.165, 1.54) is 17.1 Å². The molecule has 0 bridgehead atoms. The standard InChI is InChI=1S/C9H15ClN2O3S/c1-2-3-5-15-6-4-12-8-9(7-11-12)16(10,13)14/h7-8H,2-6H2,1H3. The van der Waals surface area contributed by atoms with Crippen LogP contribution in [0.1, 0.15) is 19.8 Å². The fourth-order valence-corrected chi connectivity index (χ4v) is 1.76. The number of unbranched alkanes of at least 4 members (excludes halogenated alkanes) is 1. The van der Waals surface area contributed by atoms with Crippen LogP contribution in [0.5, 0.6) is 0 Å². The van der Waals surface area contributed by atoms with Crippen molar-refractivity contribution in [2.45, 2.75) is 31.2 Å². The summed E-state index contributed by atoms with van der Waals surface area (Å²) in [5.74, 6) is 0. The van der Waals surface area contributed by atoms with Crippen molar-refractivity contribution in [3.05, 3.63) is 12.4 Å². The summed E-state index contributed by atoms with van der Waals surface area (Å²) in [5.41, 5.74) is 0. The summed E-state index contributed by atoms with van der Waals surface area (Å²) in [4.78, 5) is 0.0164. The quantitative estimate of drug-likeness (QED) is 0.556. The Morgan fingerprint density at radius 3 is 2.81 bits per heavy atom. The van der Waals surface area contributed by atoms with Crippen LogP contribution in [-0.2, 0) is 20.3 Å². The highest BCUT2D eigenvalue weighted by Gasteiger charge is 2.12. The molecule has 0 N–H and O–H groups in total. The molecule has 1 aromatic heterocycles. The lowest BCUT2D eigenvalue weighted by Gasteiger charge is -2.02. The molecular formula is C9H15ClN2O3S. The van der Waals surface area contributed by atoms with Crippen molar-refractivity contribution in [2.24, 2.45) is 0 Å². The van der Waals surface area contributed by atoms with E-state index in [1.54, 1.807) is 0 Å². The van der Waals surface area contributed by atoms with Crippen LogP contribution in [0.3, 0.4) is 0 Å². The maximum absolute atomic E-state index is 10.9. The molecule has 0 saturated carbocycles. The van der Waals surface area contributed by atoms with Gasteiger partial charge in [0.15, 0.2) is 0 Å². The van der Waals surface area contributed by atoms with Gasteiger partial charge >= 0.3 is 0 Å². The Morgan fingerprint density at radius 2 is 2.25 bits per heavy atom. The number of aromatic nitrogens is 2. The first kappa shape index (κ1) is 13.5. The summed E-state index contributed by atoms with van der Waals surface area (Å²) in [6.45, 7) is 3.85. The van der Waals surface area contributed by atoms with Gasteiger partial charge in [-0.25, -0.2) is 8.42 Å². The first-order valence-corrected chi connectivity index (χ1v) is 7.40. The van der Waals surface area contributed by atoms with Gasteiger partial charge in [-0.05, 0) is 6.42 Å². The first-order valence-electron chi connectivity index (χ1n) is 5.09. The van der Waals surface area contributed by atoms with Crippen molar-refractivity contribution in [3.63, 3.8) is 0 Å². The highest BCUT2D eigenvalue weighted by Crippen LogP contribution is 2.12. The Kier molecular flexibility index (Phi) is 5.24. The third kappa shape index (κ3) is 4.51. The van der Waals surface area contributed by atoms with Crippen LogP contribution in [0, 0.1) is 0 Å². The Balaban J connectivity index is 2.36. The average molecular weight is 267 g/mol. The first-order chi connectivity index (χ1) is 7.54. The molecule has 0 radical (unpaired) electrons. The van der Waals surface area contributed by atoms with Gasteiger partial charge in [-0.15, -0.1) is 0 Å². The maximum Gasteiger partial charge on any atom is 0.264 e. The largest absolute Gasteiger partial charge is 0.380 e. The van der Waals surface area contributed by atoms with Crippen molar-refractivity contribution in [1.82, 2.24) is 9.78 Å². The van der Waals surface area contributed by atoms with Crippen LogP contribution < -0.4 is 0 Å². The van der Waals surface area contributed by atoms with Crippen molar-refractivity contribution in [3.8, 4) is 0 Å². The number of hydrogen-bond donors (Lipinski definition) is 0. The van der Waals surface area contributed by atoms with E-state index in [-0.39, 0.29) is 4.90 Å².